The van der Waals surface area contributed by atoms with Gasteiger partial charge in [-0.3, -0.25) is 0 Å². The summed E-state index contributed by atoms with van der Waals surface area (Å²) in [6, 6.07) is 24.8. The fourth-order valence-corrected chi connectivity index (χ4v) is 4.72. The van der Waals surface area contributed by atoms with Crippen LogP contribution in [0.4, 0.5) is 0 Å². The summed E-state index contributed by atoms with van der Waals surface area (Å²) >= 11 is 0. The molecular formula is C25H23NO3S. The van der Waals surface area contributed by atoms with Gasteiger partial charge in [-0.25, -0.2) is 8.42 Å². The van der Waals surface area contributed by atoms with Crippen molar-refractivity contribution in [3.63, 3.8) is 0 Å². The van der Waals surface area contributed by atoms with E-state index in [1.807, 2.05) is 68.4 Å². The smallest absolute Gasteiger partial charge is 0.241 e. The van der Waals surface area contributed by atoms with Gasteiger partial charge >= 0.3 is 0 Å². The Kier molecular flexibility index (Phi) is 5.33. The predicted molar refractivity (Wildman–Crippen MR) is 120 cm³/mol. The van der Waals surface area contributed by atoms with E-state index in [1.165, 1.54) is 0 Å². The van der Waals surface area contributed by atoms with Crippen LogP contribution in [0.3, 0.4) is 0 Å². The Labute approximate surface area is 176 Å². The highest BCUT2D eigenvalue weighted by Gasteiger charge is 2.25. The zero-order valence-corrected chi connectivity index (χ0v) is 17.6. The summed E-state index contributed by atoms with van der Waals surface area (Å²) in [4.78, 5) is 0.186. The Bertz CT molecular complexity index is 1290. The maximum absolute atomic E-state index is 13.1. The molecule has 0 fully saturated rings. The third kappa shape index (κ3) is 3.95. The summed E-state index contributed by atoms with van der Waals surface area (Å²) in [6.45, 7) is 3.88. The van der Waals surface area contributed by atoms with E-state index in [0.717, 1.165) is 22.1 Å². The summed E-state index contributed by atoms with van der Waals surface area (Å²) in [7, 11) is -3.81. The average molecular weight is 418 g/mol. The highest BCUT2D eigenvalue weighted by Crippen LogP contribution is 2.36. The van der Waals surface area contributed by atoms with Crippen LogP contribution in [0.5, 0.6) is 5.75 Å². The zero-order valence-electron chi connectivity index (χ0n) is 16.8. The lowest BCUT2D eigenvalue weighted by molar-refractivity contribution is 0.469. The van der Waals surface area contributed by atoms with Crippen molar-refractivity contribution in [2.45, 2.75) is 24.8 Å². The first-order valence-corrected chi connectivity index (χ1v) is 11.2. The Morgan fingerprint density at radius 2 is 1.37 bits per heavy atom. The molecule has 4 rings (SSSR count). The minimum Gasteiger partial charge on any atom is -0.507 e. The fraction of sp³-hybridized carbons (Fsp3) is 0.120. The first-order chi connectivity index (χ1) is 14.3. The molecular weight excluding hydrogens is 394 g/mol. The molecule has 5 heteroatoms. The van der Waals surface area contributed by atoms with Gasteiger partial charge in [-0.05, 0) is 36.9 Å². The van der Waals surface area contributed by atoms with Crippen LogP contribution in [0, 0.1) is 13.8 Å². The van der Waals surface area contributed by atoms with Gasteiger partial charge in [0.2, 0.25) is 10.0 Å². The third-order valence-corrected chi connectivity index (χ3v) is 6.70. The Morgan fingerprint density at radius 3 is 2.03 bits per heavy atom. The number of phenolic OH excluding ortho intramolecular Hbond substituents is 1. The maximum atomic E-state index is 13.1. The van der Waals surface area contributed by atoms with Crippen LogP contribution in [0.25, 0.3) is 10.8 Å². The van der Waals surface area contributed by atoms with E-state index >= 15 is 0 Å². The van der Waals surface area contributed by atoms with Crippen molar-refractivity contribution in [1.82, 2.24) is 4.72 Å². The lowest BCUT2D eigenvalue weighted by Crippen LogP contribution is -2.29. The number of nitrogens with one attached hydrogen (secondary N) is 1. The number of hydrogen-bond acceptors (Lipinski definition) is 3. The van der Waals surface area contributed by atoms with Gasteiger partial charge in [0.05, 0.1) is 10.9 Å². The largest absolute Gasteiger partial charge is 0.507 e. The summed E-state index contributed by atoms with van der Waals surface area (Å²) in [5, 5.41) is 12.6. The molecule has 152 valence electrons. The highest BCUT2D eigenvalue weighted by molar-refractivity contribution is 7.89. The summed E-state index contributed by atoms with van der Waals surface area (Å²) in [5.74, 6) is 0.0743. The van der Waals surface area contributed by atoms with Crippen molar-refractivity contribution < 1.29 is 13.5 Å². The Morgan fingerprint density at radius 1 is 0.767 bits per heavy atom. The molecule has 4 aromatic rings. The highest BCUT2D eigenvalue weighted by atomic mass is 32.2. The second kappa shape index (κ2) is 7.94. The Hall–Kier alpha value is -3.15. The monoisotopic (exact) mass is 417 g/mol. The van der Waals surface area contributed by atoms with Crippen molar-refractivity contribution in [2.24, 2.45) is 0 Å². The van der Waals surface area contributed by atoms with E-state index in [0.29, 0.717) is 10.9 Å². The molecule has 0 amide bonds. The van der Waals surface area contributed by atoms with Crippen LogP contribution in [-0.2, 0) is 10.0 Å². The van der Waals surface area contributed by atoms with Crippen molar-refractivity contribution >= 4 is 20.8 Å². The molecule has 0 bridgehead atoms. The molecule has 0 aliphatic carbocycles. The van der Waals surface area contributed by atoms with Gasteiger partial charge in [-0.15, -0.1) is 0 Å². The minimum absolute atomic E-state index is 0.0743. The second-order valence-corrected chi connectivity index (χ2v) is 9.22. The lowest BCUT2D eigenvalue weighted by Gasteiger charge is -2.22. The van der Waals surface area contributed by atoms with E-state index in [1.54, 1.807) is 30.3 Å². The first-order valence-electron chi connectivity index (χ1n) is 9.71. The van der Waals surface area contributed by atoms with Crippen molar-refractivity contribution in [3.8, 4) is 5.75 Å². The molecule has 1 atom stereocenters. The zero-order chi connectivity index (χ0) is 21.3. The summed E-state index contributed by atoms with van der Waals surface area (Å²) in [6.07, 6.45) is 0. The third-order valence-electron chi connectivity index (χ3n) is 5.26. The van der Waals surface area contributed by atoms with Gasteiger partial charge in [0.25, 0.3) is 0 Å². The molecule has 0 saturated carbocycles. The van der Waals surface area contributed by atoms with Crippen LogP contribution in [-0.4, -0.2) is 13.5 Å². The average Bonchev–Trinajstić information content (AvgIpc) is 2.74. The van der Waals surface area contributed by atoms with Gasteiger partial charge in [0, 0.05) is 10.9 Å². The molecule has 0 heterocycles. The predicted octanol–water partition coefficient (Wildman–Crippen LogP) is 5.23. The molecule has 30 heavy (non-hydrogen) atoms. The fourth-order valence-electron chi connectivity index (χ4n) is 3.52. The minimum atomic E-state index is -3.81. The van der Waals surface area contributed by atoms with Crippen LogP contribution in [0.2, 0.25) is 0 Å². The van der Waals surface area contributed by atoms with E-state index in [-0.39, 0.29) is 10.6 Å². The molecule has 0 aliphatic rings. The van der Waals surface area contributed by atoms with E-state index < -0.39 is 16.1 Å². The summed E-state index contributed by atoms with van der Waals surface area (Å²) in [5.41, 5.74) is 3.31. The van der Waals surface area contributed by atoms with Crippen molar-refractivity contribution in [1.29, 1.82) is 0 Å². The molecule has 0 aromatic heterocycles. The number of sulfonamides is 1. The number of phenols is 1. The van der Waals surface area contributed by atoms with Crippen LogP contribution < -0.4 is 4.72 Å². The molecule has 0 radical (unpaired) electrons. The van der Waals surface area contributed by atoms with Crippen molar-refractivity contribution in [2.75, 3.05) is 0 Å². The molecule has 1 unspecified atom stereocenters. The quantitative estimate of drug-likeness (QED) is 0.467. The van der Waals surface area contributed by atoms with Crippen molar-refractivity contribution in [3.05, 3.63) is 107 Å². The normalized spacial score (nSPS) is 12.7. The summed E-state index contributed by atoms with van der Waals surface area (Å²) < 4.78 is 29.1. The maximum Gasteiger partial charge on any atom is 0.241 e. The standard InChI is InChI=1S/C25H23NO3S/c1-17-7-11-20(12-8-17)24(26-30(28,29)21-14-9-18(2)10-15-21)23-16-13-19-5-3-4-6-22(19)25(23)27/h3-16,24,26-27H,1-2H3. The van der Waals surface area contributed by atoms with Gasteiger partial charge in [0.15, 0.2) is 0 Å². The molecule has 2 N–H and O–H groups in total. The van der Waals surface area contributed by atoms with Gasteiger partial charge in [-0.2, -0.15) is 4.72 Å². The van der Waals surface area contributed by atoms with E-state index in [9.17, 15) is 13.5 Å². The van der Waals surface area contributed by atoms with Crippen LogP contribution >= 0.6 is 0 Å². The number of hydrogen-bond donors (Lipinski definition) is 2. The topological polar surface area (TPSA) is 66.4 Å². The number of benzene rings is 4. The number of fused-ring (bicyclic) bond motifs is 1. The Balaban J connectivity index is 1.84. The SMILES string of the molecule is Cc1ccc(C(NS(=O)(=O)c2ccc(C)cc2)c2ccc3ccccc3c2O)cc1. The van der Waals surface area contributed by atoms with Gasteiger partial charge in [-0.1, -0.05) is 83.9 Å². The van der Waals surface area contributed by atoms with E-state index in [2.05, 4.69) is 4.72 Å². The molecule has 4 nitrogen and oxygen atoms in total. The second-order valence-electron chi connectivity index (χ2n) is 7.50. The number of aryl methyl sites for hydroxylation is 2. The molecule has 0 spiro atoms. The molecule has 4 aromatic carbocycles. The van der Waals surface area contributed by atoms with E-state index in [4.69, 9.17) is 0 Å². The van der Waals surface area contributed by atoms with Gasteiger partial charge < -0.3 is 5.11 Å². The van der Waals surface area contributed by atoms with Crippen LogP contribution in [0.1, 0.15) is 28.3 Å². The van der Waals surface area contributed by atoms with Crippen LogP contribution in [0.15, 0.2) is 89.8 Å². The van der Waals surface area contributed by atoms with Gasteiger partial charge in [0.1, 0.15) is 5.75 Å². The number of aromatic hydroxyl groups is 1. The lowest BCUT2D eigenvalue weighted by atomic mass is 9.95. The number of rotatable bonds is 5. The molecule has 0 saturated heterocycles. The molecule has 0 aliphatic heterocycles. The first kappa shape index (κ1) is 20.1.